The molecule has 5 heteroatoms. The van der Waals surface area contributed by atoms with Gasteiger partial charge in [-0.15, -0.1) is 0 Å². The summed E-state index contributed by atoms with van der Waals surface area (Å²) in [5, 5.41) is 0. The Morgan fingerprint density at radius 2 is 1.78 bits per heavy atom. The average Bonchev–Trinajstić information content (AvgIpc) is 2.68. The van der Waals surface area contributed by atoms with Gasteiger partial charge in [-0.05, 0) is 12.5 Å². The van der Waals surface area contributed by atoms with Gasteiger partial charge in [0.15, 0.2) is 0 Å². The van der Waals surface area contributed by atoms with Gasteiger partial charge in [0.1, 0.15) is 0 Å². The third-order valence-corrected chi connectivity index (χ3v) is 4.58. The topological polar surface area (TPSA) is 52.6 Å². The van der Waals surface area contributed by atoms with Gasteiger partial charge in [-0.1, -0.05) is 31.3 Å². The van der Waals surface area contributed by atoms with Crippen molar-refractivity contribution in [1.29, 1.82) is 0 Å². The van der Waals surface area contributed by atoms with Crippen LogP contribution in [-0.4, -0.2) is 34.2 Å². The van der Waals surface area contributed by atoms with E-state index in [-0.39, 0.29) is 11.9 Å². The lowest BCUT2D eigenvalue weighted by atomic mass is 9.95. The van der Waals surface area contributed by atoms with Crippen molar-refractivity contribution in [2.24, 2.45) is 11.8 Å². The van der Waals surface area contributed by atoms with Crippen molar-refractivity contribution < 1.29 is 19.1 Å². The standard InChI is InChI=1S/C13H22O4Si/c1-16-12(14)10-6-9(8-18(3,4)5)7-11(10)13(15)17-2/h6,10-11H,7-8H2,1-5H3/t10-,11-/m0/s1. The minimum Gasteiger partial charge on any atom is -0.469 e. The predicted octanol–water partition coefficient (Wildman–Crippen LogP) is 2.23. The minimum atomic E-state index is -1.24. The van der Waals surface area contributed by atoms with Crippen molar-refractivity contribution in [3.05, 3.63) is 11.6 Å². The molecule has 0 spiro atoms. The Kier molecular flexibility index (Phi) is 4.73. The lowest BCUT2D eigenvalue weighted by Crippen LogP contribution is -2.27. The van der Waals surface area contributed by atoms with Gasteiger partial charge in [0.05, 0.1) is 26.1 Å². The molecule has 0 bridgehead atoms. The highest BCUT2D eigenvalue weighted by Gasteiger charge is 2.39. The molecule has 1 aliphatic carbocycles. The van der Waals surface area contributed by atoms with Crippen LogP contribution in [-0.2, 0) is 19.1 Å². The van der Waals surface area contributed by atoms with Crippen molar-refractivity contribution in [3.63, 3.8) is 0 Å². The second-order valence-corrected chi connectivity index (χ2v) is 11.4. The third kappa shape index (κ3) is 3.70. The monoisotopic (exact) mass is 270 g/mol. The molecule has 0 N–H and O–H groups in total. The molecule has 0 saturated carbocycles. The Balaban J connectivity index is 2.86. The summed E-state index contributed by atoms with van der Waals surface area (Å²) in [4.78, 5) is 23.4. The molecule has 4 nitrogen and oxygen atoms in total. The molecule has 1 aliphatic rings. The zero-order chi connectivity index (χ0) is 13.9. The van der Waals surface area contributed by atoms with Gasteiger partial charge in [-0.2, -0.15) is 0 Å². The number of carbonyl (C=O) groups is 2. The molecule has 102 valence electrons. The molecule has 0 heterocycles. The highest BCUT2D eigenvalue weighted by molar-refractivity contribution is 6.76. The Hall–Kier alpha value is -1.10. The first kappa shape index (κ1) is 15.0. The molecular weight excluding hydrogens is 248 g/mol. The van der Waals surface area contributed by atoms with Crippen molar-refractivity contribution in [2.75, 3.05) is 14.2 Å². The molecule has 0 radical (unpaired) electrons. The van der Waals surface area contributed by atoms with Gasteiger partial charge >= 0.3 is 11.9 Å². The van der Waals surface area contributed by atoms with Crippen LogP contribution in [0.1, 0.15) is 6.42 Å². The quantitative estimate of drug-likeness (QED) is 0.446. The predicted molar refractivity (Wildman–Crippen MR) is 71.9 cm³/mol. The second-order valence-electron chi connectivity index (χ2n) is 5.95. The van der Waals surface area contributed by atoms with Crippen LogP contribution in [0.2, 0.25) is 25.7 Å². The number of allylic oxidation sites excluding steroid dienone is 1. The molecule has 0 amide bonds. The lowest BCUT2D eigenvalue weighted by molar-refractivity contribution is -0.154. The summed E-state index contributed by atoms with van der Waals surface area (Å²) in [7, 11) is 1.46. The molecule has 0 aliphatic heterocycles. The Bertz CT molecular complexity index is 368. The van der Waals surface area contributed by atoms with E-state index in [4.69, 9.17) is 9.47 Å². The summed E-state index contributed by atoms with van der Waals surface area (Å²) in [6.07, 6.45) is 2.53. The van der Waals surface area contributed by atoms with Crippen LogP contribution in [0.3, 0.4) is 0 Å². The van der Waals surface area contributed by atoms with Gasteiger partial charge < -0.3 is 9.47 Å². The number of hydrogen-bond acceptors (Lipinski definition) is 4. The molecule has 0 unspecified atom stereocenters. The highest BCUT2D eigenvalue weighted by atomic mass is 28.3. The van der Waals surface area contributed by atoms with Crippen molar-refractivity contribution >= 4 is 20.0 Å². The molecule has 0 fully saturated rings. The minimum absolute atomic E-state index is 0.327. The number of ether oxygens (including phenoxy) is 2. The summed E-state index contributed by atoms with van der Waals surface area (Å²) in [6, 6.07) is 1.01. The summed E-state index contributed by atoms with van der Waals surface area (Å²) < 4.78 is 9.53. The van der Waals surface area contributed by atoms with Crippen LogP contribution in [0.15, 0.2) is 11.6 Å². The van der Waals surface area contributed by atoms with E-state index in [0.717, 1.165) is 6.04 Å². The zero-order valence-electron chi connectivity index (χ0n) is 11.8. The van der Waals surface area contributed by atoms with Crippen molar-refractivity contribution in [1.82, 2.24) is 0 Å². The fourth-order valence-electron chi connectivity index (χ4n) is 2.41. The molecule has 1 rings (SSSR count). The van der Waals surface area contributed by atoms with Gasteiger partial charge in [0.25, 0.3) is 0 Å². The van der Waals surface area contributed by atoms with E-state index in [1.165, 1.54) is 19.8 Å². The van der Waals surface area contributed by atoms with Crippen LogP contribution in [0.5, 0.6) is 0 Å². The van der Waals surface area contributed by atoms with Gasteiger partial charge in [0, 0.05) is 8.07 Å². The molecule has 0 aromatic carbocycles. The van der Waals surface area contributed by atoms with Crippen LogP contribution in [0, 0.1) is 11.8 Å². The van der Waals surface area contributed by atoms with E-state index < -0.39 is 19.9 Å². The van der Waals surface area contributed by atoms with E-state index in [0.29, 0.717) is 6.42 Å². The number of esters is 2. The Morgan fingerprint density at radius 3 is 2.22 bits per heavy atom. The lowest BCUT2D eigenvalue weighted by Gasteiger charge is -2.17. The summed E-state index contributed by atoms with van der Waals surface area (Å²) >= 11 is 0. The Labute approximate surface area is 109 Å². The van der Waals surface area contributed by atoms with Crippen molar-refractivity contribution in [2.45, 2.75) is 32.1 Å². The van der Waals surface area contributed by atoms with Gasteiger partial charge in [-0.25, -0.2) is 0 Å². The number of rotatable bonds is 4. The van der Waals surface area contributed by atoms with Gasteiger partial charge in [-0.3, -0.25) is 9.59 Å². The highest BCUT2D eigenvalue weighted by Crippen LogP contribution is 2.36. The Morgan fingerprint density at radius 1 is 1.22 bits per heavy atom. The molecular formula is C13H22O4Si. The maximum absolute atomic E-state index is 11.7. The van der Waals surface area contributed by atoms with E-state index >= 15 is 0 Å². The molecule has 0 saturated heterocycles. The zero-order valence-corrected chi connectivity index (χ0v) is 12.8. The molecule has 2 atom stereocenters. The van der Waals surface area contributed by atoms with Crippen LogP contribution in [0.25, 0.3) is 0 Å². The third-order valence-electron chi connectivity index (χ3n) is 3.07. The van der Waals surface area contributed by atoms with Crippen LogP contribution < -0.4 is 0 Å². The average molecular weight is 270 g/mol. The maximum Gasteiger partial charge on any atom is 0.313 e. The first-order valence-corrected chi connectivity index (χ1v) is 9.84. The smallest absolute Gasteiger partial charge is 0.313 e. The molecule has 18 heavy (non-hydrogen) atoms. The summed E-state index contributed by atoms with van der Waals surface area (Å²) in [5.41, 5.74) is 1.19. The first-order valence-electron chi connectivity index (χ1n) is 6.13. The molecule has 0 aromatic rings. The maximum atomic E-state index is 11.7. The number of carbonyl (C=O) groups excluding carboxylic acids is 2. The summed E-state index contributed by atoms with van der Waals surface area (Å²) in [6.45, 7) is 6.81. The van der Waals surface area contributed by atoms with E-state index in [1.807, 2.05) is 6.08 Å². The van der Waals surface area contributed by atoms with Crippen LogP contribution >= 0.6 is 0 Å². The summed E-state index contributed by atoms with van der Waals surface area (Å²) in [5.74, 6) is -1.56. The van der Waals surface area contributed by atoms with E-state index in [2.05, 4.69) is 19.6 Å². The molecule has 0 aromatic heterocycles. The van der Waals surface area contributed by atoms with Gasteiger partial charge in [0.2, 0.25) is 0 Å². The fraction of sp³-hybridized carbons (Fsp3) is 0.692. The van der Waals surface area contributed by atoms with Crippen LogP contribution in [0.4, 0.5) is 0 Å². The normalized spacial score (nSPS) is 23.5. The number of hydrogen-bond donors (Lipinski definition) is 0. The second kappa shape index (κ2) is 5.69. The SMILES string of the molecule is COC(=O)[C@H]1C=C(C[Si](C)(C)C)C[C@@H]1C(=O)OC. The largest absolute Gasteiger partial charge is 0.469 e. The first-order chi connectivity index (χ1) is 8.28. The van der Waals surface area contributed by atoms with Crippen molar-refractivity contribution in [3.8, 4) is 0 Å². The fourth-order valence-corrected chi connectivity index (χ4v) is 4.03. The number of methoxy groups -OCH3 is 2. The van der Waals surface area contributed by atoms with E-state index in [9.17, 15) is 9.59 Å². The van der Waals surface area contributed by atoms with E-state index in [1.54, 1.807) is 0 Å².